The molecule has 0 aromatic carbocycles. The molecule has 0 aliphatic rings. The van der Waals surface area contributed by atoms with Gasteiger partial charge in [-0.05, 0) is 17.7 Å². The van der Waals surface area contributed by atoms with Crippen molar-refractivity contribution in [3.63, 3.8) is 0 Å². The zero-order valence-corrected chi connectivity index (χ0v) is 12.6. The van der Waals surface area contributed by atoms with Gasteiger partial charge in [0.2, 0.25) is 0 Å². The summed E-state index contributed by atoms with van der Waals surface area (Å²) < 4.78 is 25.7. The van der Waals surface area contributed by atoms with E-state index >= 15 is 0 Å². The van der Waals surface area contributed by atoms with Gasteiger partial charge in [0.1, 0.15) is 4.21 Å². The van der Waals surface area contributed by atoms with Crippen LogP contribution in [0.4, 0.5) is 10.7 Å². The Hall–Kier alpha value is -2.04. The first-order valence-electron chi connectivity index (χ1n) is 5.71. The molecule has 0 radical (unpaired) electrons. The average molecular weight is 328 g/mol. The maximum atomic E-state index is 12.4. The number of nitro groups is 1. The number of hydrogen-bond acceptors (Lipinski definition) is 7. The fourth-order valence-corrected chi connectivity index (χ4v) is 4.21. The van der Waals surface area contributed by atoms with Crippen molar-refractivity contribution in [2.24, 2.45) is 0 Å². The highest BCUT2D eigenvalue weighted by molar-refractivity contribution is 7.91. The first kappa shape index (κ1) is 15.4. The molecule has 0 fully saturated rings. The average Bonchev–Trinajstić information content (AvgIpc) is 2.82. The van der Waals surface area contributed by atoms with Crippen molar-refractivity contribution in [1.82, 2.24) is 9.29 Å². The van der Waals surface area contributed by atoms with Crippen LogP contribution in [0, 0.1) is 10.1 Å². The second kappa shape index (κ2) is 5.76. The molecule has 0 saturated heterocycles. The normalized spacial score (nSPS) is 11.7. The van der Waals surface area contributed by atoms with Gasteiger partial charge in [0, 0.05) is 32.1 Å². The van der Waals surface area contributed by atoms with E-state index in [2.05, 4.69) is 4.98 Å². The highest BCUT2D eigenvalue weighted by Crippen LogP contribution is 2.35. The predicted octanol–water partition coefficient (Wildman–Crippen LogP) is 1.45. The molecule has 21 heavy (non-hydrogen) atoms. The van der Waals surface area contributed by atoms with Crippen LogP contribution in [-0.4, -0.2) is 29.7 Å². The van der Waals surface area contributed by atoms with E-state index in [1.165, 1.54) is 7.05 Å². The smallest absolute Gasteiger partial charge is 0.304 e. The summed E-state index contributed by atoms with van der Waals surface area (Å²) in [5.74, 6) is 0. The number of thiophene rings is 1. The summed E-state index contributed by atoms with van der Waals surface area (Å²) in [6.45, 7) is 0.135. The van der Waals surface area contributed by atoms with Gasteiger partial charge in [-0.3, -0.25) is 15.1 Å². The summed E-state index contributed by atoms with van der Waals surface area (Å²) in [6.07, 6.45) is 3.12. The van der Waals surface area contributed by atoms with Gasteiger partial charge in [0.05, 0.1) is 4.92 Å². The third-order valence-corrected chi connectivity index (χ3v) is 5.94. The first-order chi connectivity index (χ1) is 9.82. The molecule has 2 aromatic rings. The van der Waals surface area contributed by atoms with Crippen molar-refractivity contribution in [3.05, 3.63) is 46.3 Å². The van der Waals surface area contributed by atoms with Gasteiger partial charge in [-0.1, -0.05) is 11.3 Å². The van der Waals surface area contributed by atoms with Crippen molar-refractivity contribution >= 4 is 32.0 Å². The molecule has 8 nitrogen and oxygen atoms in total. The van der Waals surface area contributed by atoms with Crippen LogP contribution < -0.4 is 5.73 Å². The van der Waals surface area contributed by atoms with Crippen molar-refractivity contribution < 1.29 is 13.3 Å². The molecule has 2 rings (SSSR count). The van der Waals surface area contributed by atoms with E-state index in [0.29, 0.717) is 11.3 Å². The molecule has 0 spiro atoms. The largest absolute Gasteiger partial charge is 0.385 e. The third kappa shape index (κ3) is 3.17. The van der Waals surface area contributed by atoms with Crippen LogP contribution in [0.1, 0.15) is 5.56 Å². The number of rotatable bonds is 5. The van der Waals surface area contributed by atoms with Crippen LogP contribution >= 0.6 is 11.3 Å². The van der Waals surface area contributed by atoms with Gasteiger partial charge in [-0.2, -0.15) is 4.31 Å². The van der Waals surface area contributed by atoms with Gasteiger partial charge >= 0.3 is 5.69 Å². The molecule has 0 saturated carbocycles. The number of hydrogen-bond donors (Lipinski definition) is 1. The standard InChI is InChI=1S/C11H12N4O4S2/c1-14(7-8-2-4-13-5-3-8)21(18,19)10-6-9(15(16)17)11(12)20-10/h2-6H,7,12H2,1H3. The number of nitrogens with two attached hydrogens (primary N) is 1. The lowest BCUT2D eigenvalue weighted by atomic mass is 10.3. The van der Waals surface area contributed by atoms with Crippen LogP contribution in [0.15, 0.2) is 34.8 Å². The molecule has 0 atom stereocenters. The van der Waals surface area contributed by atoms with Gasteiger partial charge in [0.15, 0.2) is 5.00 Å². The molecule has 2 heterocycles. The van der Waals surface area contributed by atoms with E-state index < -0.39 is 20.6 Å². The molecule has 0 bridgehead atoms. The molecule has 10 heteroatoms. The molecule has 0 unspecified atom stereocenters. The Morgan fingerprint density at radius 2 is 2.05 bits per heavy atom. The van der Waals surface area contributed by atoms with Crippen LogP contribution in [0.25, 0.3) is 0 Å². The van der Waals surface area contributed by atoms with E-state index in [9.17, 15) is 18.5 Å². The van der Waals surface area contributed by atoms with Gasteiger partial charge in [-0.15, -0.1) is 0 Å². The Morgan fingerprint density at radius 1 is 1.43 bits per heavy atom. The Morgan fingerprint density at radius 3 is 2.57 bits per heavy atom. The molecule has 0 amide bonds. The highest BCUT2D eigenvalue weighted by atomic mass is 32.2. The van der Waals surface area contributed by atoms with E-state index in [1.54, 1.807) is 24.5 Å². The van der Waals surface area contributed by atoms with Crippen molar-refractivity contribution in [2.75, 3.05) is 12.8 Å². The number of sulfonamides is 1. The molecule has 0 aliphatic heterocycles. The lowest BCUT2D eigenvalue weighted by Crippen LogP contribution is -2.25. The highest BCUT2D eigenvalue weighted by Gasteiger charge is 2.28. The predicted molar refractivity (Wildman–Crippen MR) is 78.3 cm³/mol. The lowest BCUT2D eigenvalue weighted by Gasteiger charge is -2.15. The van der Waals surface area contributed by atoms with Gasteiger partial charge < -0.3 is 5.73 Å². The van der Waals surface area contributed by atoms with E-state index in [1.807, 2.05) is 0 Å². The first-order valence-corrected chi connectivity index (χ1v) is 7.97. The Labute approximate surface area is 125 Å². The van der Waals surface area contributed by atoms with E-state index in [4.69, 9.17) is 5.73 Å². The zero-order valence-electron chi connectivity index (χ0n) is 11.0. The molecule has 2 aromatic heterocycles. The van der Waals surface area contributed by atoms with E-state index in [-0.39, 0.29) is 15.8 Å². The number of aromatic nitrogens is 1. The number of anilines is 1. The van der Waals surface area contributed by atoms with Crippen LogP contribution in [-0.2, 0) is 16.6 Å². The van der Waals surface area contributed by atoms with Gasteiger partial charge in [-0.25, -0.2) is 8.42 Å². The quantitative estimate of drug-likeness (QED) is 0.655. The summed E-state index contributed by atoms with van der Waals surface area (Å²) in [6, 6.07) is 4.37. The summed E-state index contributed by atoms with van der Waals surface area (Å²) in [4.78, 5) is 13.9. The number of nitrogens with zero attached hydrogens (tertiary/aromatic N) is 3. The fourth-order valence-electron chi connectivity index (χ4n) is 1.63. The fraction of sp³-hybridized carbons (Fsp3) is 0.182. The minimum Gasteiger partial charge on any atom is -0.385 e. The van der Waals surface area contributed by atoms with Crippen LogP contribution in [0.5, 0.6) is 0 Å². The monoisotopic (exact) mass is 328 g/mol. The molecule has 0 aliphatic carbocycles. The molecule has 112 valence electrons. The second-order valence-electron chi connectivity index (χ2n) is 4.19. The van der Waals surface area contributed by atoms with Crippen molar-refractivity contribution in [3.8, 4) is 0 Å². The Balaban J connectivity index is 2.29. The summed E-state index contributed by atoms with van der Waals surface area (Å²) in [5, 5.41) is 10.6. The zero-order chi connectivity index (χ0) is 15.6. The lowest BCUT2D eigenvalue weighted by molar-refractivity contribution is -0.383. The summed E-state index contributed by atoms with van der Waals surface area (Å²) in [5.41, 5.74) is 5.84. The van der Waals surface area contributed by atoms with E-state index in [0.717, 1.165) is 15.9 Å². The summed E-state index contributed by atoms with van der Waals surface area (Å²) >= 11 is 0.683. The summed E-state index contributed by atoms with van der Waals surface area (Å²) in [7, 11) is -2.43. The minimum atomic E-state index is -3.83. The Bertz CT molecular complexity index is 758. The SMILES string of the molecule is CN(Cc1ccncc1)S(=O)(=O)c1cc([N+](=O)[O-])c(N)s1. The minimum absolute atomic E-state index is 0.129. The van der Waals surface area contributed by atoms with Crippen molar-refractivity contribution in [2.45, 2.75) is 10.8 Å². The number of pyridine rings is 1. The van der Waals surface area contributed by atoms with Crippen LogP contribution in [0.2, 0.25) is 0 Å². The maximum absolute atomic E-state index is 12.4. The molecule has 2 N–H and O–H groups in total. The Kier molecular flexibility index (Phi) is 4.21. The molecular weight excluding hydrogens is 316 g/mol. The molecular formula is C11H12N4O4S2. The topological polar surface area (TPSA) is 119 Å². The van der Waals surface area contributed by atoms with Gasteiger partial charge in [0.25, 0.3) is 10.0 Å². The van der Waals surface area contributed by atoms with Crippen LogP contribution in [0.3, 0.4) is 0 Å². The number of nitrogen functional groups attached to an aromatic ring is 1. The maximum Gasteiger partial charge on any atom is 0.304 e. The van der Waals surface area contributed by atoms with Crippen molar-refractivity contribution in [1.29, 1.82) is 0 Å². The third-order valence-electron chi connectivity index (χ3n) is 2.73. The second-order valence-corrected chi connectivity index (χ2v) is 7.54.